The Hall–Kier alpha value is -0.200. The number of rotatable bonds is 3. The molecule has 0 unspecified atom stereocenters. The van der Waals surface area contributed by atoms with Gasteiger partial charge in [-0.3, -0.25) is 0 Å². The van der Waals surface area contributed by atoms with E-state index in [0.29, 0.717) is 0 Å². The lowest BCUT2D eigenvalue weighted by molar-refractivity contribution is -0.291. The van der Waals surface area contributed by atoms with Crippen LogP contribution in [-0.2, 0) is 18.9 Å². The molecule has 0 amide bonds. The van der Waals surface area contributed by atoms with Gasteiger partial charge in [0.1, 0.15) is 18.3 Å². The molecular formula is C9H18O5. The van der Waals surface area contributed by atoms with E-state index in [1.54, 1.807) is 14.2 Å². The lowest BCUT2D eigenvalue weighted by atomic mass is 9.99. The molecule has 1 N–H and O–H groups in total. The average molecular weight is 206 g/mol. The Morgan fingerprint density at radius 3 is 1.86 bits per heavy atom. The number of hydrogen-bond donors (Lipinski definition) is 1. The lowest BCUT2D eigenvalue weighted by Crippen LogP contribution is -2.58. The van der Waals surface area contributed by atoms with Gasteiger partial charge in [-0.2, -0.15) is 0 Å². The first-order valence-corrected chi connectivity index (χ1v) is 4.57. The van der Waals surface area contributed by atoms with Crippen molar-refractivity contribution in [2.75, 3.05) is 21.3 Å². The van der Waals surface area contributed by atoms with Gasteiger partial charge < -0.3 is 24.1 Å². The fourth-order valence-electron chi connectivity index (χ4n) is 1.84. The minimum atomic E-state index is -0.966. The van der Waals surface area contributed by atoms with Crippen LogP contribution < -0.4 is 0 Å². The normalized spacial score (nSPS) is 43.9. The highest BCUT2D eigenvalue weighted by atomic mass is 16.7. The molecule has 0 bridgehead atoms. The second-order valence-electron chi connectivity index (χ2n) is 3.33. The minimum absolute atomic E-state index is 0.216. The summed E-state index contributed by atoms with van der Waals surface area (Å²) >= 11 is 0. The van der Waals surface area contributed by atoms with Gasteiger partial charge in [0.2, 0.25) is 0 Å². The van der Waals surface area contributed by atoms with Crippen molar-refractivity contribution in [2.24, 2.45) is 0 Å². The van der Waals surface area contributed by atoms with Gasteiger partial charge in [0.25, 0.3) is 0 Å². The highest BCUT2D eigenvalue weighted by Gasteiger charge is 2.44. The number of aliphatic hydroxyl groups excluding tert-OH is 1. The maximum absolute atomic E-state index is 9.57. The summed E-state index contributed by atoms with van der Waals surface area (Å²) in [5.41, 5.74) is 0. The molecule has 1 aliphatic heterocycles. The third kappa shape index (κ3) is 2.07. The third-order valence-electron chi connectivity index (χ3n) is 2.56. The quantitative estimate of drug-likeness (QED) is 0.691. The Balaban J connectivity index is 2.76. The fourth-order valence-corrected chi connectivity index (χ4v) is 1.84. The number of hydrogen-bond acceptors (Lipinski definition) is 5. The van der Waals surface area contributed by atoms with Crippen molar-refractivity contribution in [3.8, 4) is 0 Å². The minimum Gasteiger partial charge on any atom is -0.376 e. The molecule has 1 rings (SSSR count). The van der Waals surface area contributed by atoms with Crippen molar-refractivity contribution in [1.82, 2.24) is 0 Å². The molecule has 0 spiro atoms. The Morgan fingerprint density at radius 2 is 1.43 bits per heavy atom. The third-order valence-corrected chi connectivity index (χ3v) is 2.56. The Kier molecular flexibility index (Phi) is 4.28. The molecule has 1 fully saturated rings. The molecular weight excluding hydrogens is 188 g/mol. The first-order chi connectivity index (χ1) is 6.65. The first kappa shape index (κ1) is 11.9. The zero-order valence-electron chi connectivity index (χ0n) is 8.97. The van der Waals surface area contributed by atoms with E-state index in [4.69, 9.17) is 18.9 Å². The van der Waals surface area contributed by atoms with Gasteiger partial charge in [0.05, 0.1) is 6.10 Å². The van der Waals surface area contributed by atoms with Crippen molar-refractivity contribution in [2.45, 2.75) is 37.6 Å². The summed E-state index contributed by atoms with van der Waals surface area (Å²) in [6.07, 6.45) is -2.24. The fraction of sp³-hybridized carbons (Fsp3) is 1.00. The lowest BCUT2D eigenvalue weighted by Gasteiger charge is -2.41. The van der Waals surface area contributed by atoms with Crippen LogP contribution in [0.3, 0.4) is 0 Å². The van der Waals surface area contributed by atoms with Crippen LogP contribution in [0.15, 0.2) is 0 Å². The van der Waals surface area contributed by atoms with Gasteiger partial charge in [-0.15, -0.1) is 0 Å². The summed E-state index contributed by atoms with van der Waals surface area (Å²) < 4.78 is 20.9. The second kappa shape index (κ2) is 5.04. The molecule has 0 aromatic heterocycles. The van der Waals surface area contributed by atoms with Gasteiger partial charge in [-0.1, -0.05) is 0 Å². The Labute approximate surface area is 83.9 Å². The molecule has 0 saturated carbocycles. The van der Waals surface area contributed by atoms with Crippen molar-refractivity contribution in [3.05, 3.63) is 0 Å². The average Bonchev–Trinajstić information content (AvgIpc) is 2.16. The second-order valence-corrected chi connectivity index (χ2v) is 3.33. The van der Waals surface area contributed by atoms with Gasteiger partial charge in [-0.05, 0) is 6.92 Å². The van der Waals surface area contributed by atoms with E-state index in [1.807, 2.05) is 6.92 Å². The predicted molar refractivity (Wildman–Crippen MR) is 48.9 cm³/mol. The molecule has 84 valence electrons. The van der Waals surface area contributed by atoms with Gasteiger partial charge >= 0.3 is 0 Å². The summed E-state index contributed by atoms with van der Waals surface area (Å²) in [7, 11) is 4.65. The maximum atomic E-state index is 9.57. The largest absolute Gasteiger partial charge is 0.376 e. The van der Waals surface area contributed by atoms with Crippen LogP contribution in [0, 0.1) is 0 Å². The zero-order valence-corrected chi connectivity index (χ0v) is 8.97. The van der Waals surface area contributed by atoms with Crippen LogP contribution in [-0.4, -0.2) is 57.1 Å². The van der Waals surface area contributed by atoms with Crippen LogP contribution in [0.25, 0.3) is 0 Å². The topological polar surface area (TPSA) is 57.2 Å². The van der Waals surface area contributed by atoms with E-state index < -0.39 is 12.4 Å². The van der Waals surface area contributed by atoms with E-state index in [1.165, 1.54) is 7.11 Å². The van der Waals surface area contributed by atoms with E-state index >= 15 is 0 Å². The van der Waals surface area contributed by atoms with Gasteiger partial charge in [0, 0.05) is 21.3 Å². The van der Waals surface area contributed by atoms with Crippen LogP contribution in [0.1, 0.15) is 6.92 Å². The standard InChI is InChI=1S/C9H18O5/c1-5-6(11-2)7(12-3)8(13-4)9(10)14-5/h5-10H,1-4H3/t5-,6+,7-,8+,9-/m0/s1. The number of ether oxygens (including phenoxy) is 4. The molecule has 5 heteroatoms. The highest BCUT2D eigenvalue weighted by molar-refractivity contribution is 4.89. The van der Waals surface area contributed by atoms with Crippen molar-refractivity contribution in [1.29, 1.82) is 0 Å². The molecule has 0 radical (unpaired) electrons. The Morgan fingerprint density at radius 1 is 0.929 bits per heavy atom. The van der Waals surface area contributed by atoms with E-state index in [0.717, 1.165) is 0 Å². The molecule has 1 saturated heterocycles. The summed E-state index contributed by atoms with van der Waals surface area (Å²) in [5, 5.41) is 9.57. The molecule has 1 aliphatic rings. The van der Waals surface area contributed by atoms with E-state index in [2.05, 4.69) is 0 Å². The summed E-state index contributed by atoms with van der Waals surface area (Å²) in [6, 6.07) is 0. The molecule has 0 aromatic rings. The van der Waals surface area contributed by atoms with E-state index in [9.17, 15) is 5.11 Å². The van der Waals surface area contributed by atoms with Gasteiger partial charge in [-0.25, -0.2) is 0 Å². The molecule has 5 nitrogen and oxygen atoms in total. The monoisotopic (exact) mass is 206 g/mol. The first-order valence-electron chi connectivity index (χ1n) is 4.57. The maximum Gasteiger partial charge on any atom is 0.184 e. The van der Waals surface area contributed by atoms with E-state index in [-0.39, 0.29) is 18.3 Å². The van der Waals surface area contributed by atoms with Gasteiger partial charge in [0.15, 0.2) is 6.29 Å². The zero-order chi connectivity index (χ0) is 10.7. The summed E-state index contributed by atoms with van der Waals surface area (Å²) in [4.78, 5) is 0. The van der Waals surface area contributed by atoms with Crippen LogP contribution in [0.4, 0.5) is 0 Å². The molecule has 5 atom stereocenters. The summed E-state index contributed by atoms with van der Waals surface area (Å²) in [5.74, 6) is 0. The van der Waals surface area contributed by atoms with Crippen LogP contribution in [0.2, 0.25) is 0 Å². The van der Waals surface area contributed by atoms with Crippen molar-refractivity contribution >= 4 is 0 Å². The number of methoxy groups -OCH3 is 3. The smallest absolute Gasteiger partial charge is 0.184 e. The van der Waals surface area contributed by atoms with Crippen molar-refractivity contribution < 1.29 is 24.1 Å². The predicted octanol–water partition coefficient (Wildman–Crippen LogP) is -0.231. The molecule has 0 aromatic carbocycles. The molecule has 14 heavy (non-hydrogen) atoms. The Bertz CT molecular complexity index is 159. The SMILES string of the molecule is CO[C@@H]1[C@@H](OC)[C@@H](O)O[C@@H](C)[C@H]1OC. The van der Waals surface area contributed by atoms with Crippen LogP contribution >= 0.6 is 0 Å². The number of aliphatic hydroxyl groups is 1. The molecule has 1 heterocycles. The summed E-state index contributed by atoms with van der Waals surface area (Å²) in [6.45, 7) is 1.83. The van der Waals surface area contributed by atoms with Crippen LogP contribution in [0.5, 0.6) is 0 Å². The molecule has 0 aliphatic carbocycles. The van der Waals surface area contributed by atoms with Crippen molar-refractivity contribution in [3.63, 3.8) is 0 Å². The highest BCUT2D eigenvalue weighted by Crippen LogP contribution is 2.25.